The lowest BCUT2D eigenvalue weighted by molar-refractivity contribution is -0.0521. The highest BCUT2D eigenvalue weighted by Crippen LogP contribution is 2.26. The minimum atomic E-state index is -5.57. The average molecular weight is 280 g/mol. The van der Waals surface area contributed by atoms with Crippen LogP contribution in [0, 0.1) is 0 Å². The van der Waals surface area contributed by atoms with Gasteiger partial charge in [-0.1, -0.05) is 30.3 Å². The predicted molar refractivity (Wildman–Crippen MR) is 60.0 cm³/mol. The van der Waals surface area contributed by atoms with Crippen molar-refractivity contribution in [2.45, 2.75) is 18.9 Å². The highest BCUT2D eigenvalue weighted by Gasteiger charge is 2.48. The van der Waals surface area contributed by atoms with Gasteiger partial charge in [0.25, 0.3) is 0 Å². The van der Waals surface area contributed by atoms with Crippen molar-refractivity contribution in [2.75, 3.05) is 0 Å². The quantitative estimate of drug-likeness (QED) is 0.484. The third-order valence-corrected chi connectivity index (χ3v) is 3.04. The molecule has 0 atom stereocenters. The van der Waals surface area contributed by atoms with Gasteiger partial charge in [0.05, 0.1) is 0 Å². The molecule has 7 heteroatoms. The Kier molecular flexibility index (Phi) is 4.39. The van der Waals surface area contributed by atoms with Crippen LogP contribution in [0.3, 0.4) is 0 Å². The molecular formula is C11H11F3O3S. The molecule has 0 fully saturated rings. The standard InChI is InChI=1S/C11H11F3O3S/c1-9(17-18(15,16)11(12,13)14)7-8-10-5-3-2-4-6-10/h2-7H,8H2,1H3/b9-7+. The van der Waals surface area contributed by atoms with Gasteiger partial charge in [-0.2, -0.15) is 21.6 Å². The lowest BCUT2D eigenvalue weighted by Gasteiger charge is -2.09. The molecular weight excluding hydrogens is 269 g/mol. The summed E-state index contributed by atoms with van der Waals surface area (Å²) in [5.41, 5.74) is -4.57. The topological polar surface area (TPSA) is 43.4 Å². The molecule has 0 saturated heterocycles. The summed E-state index contributed by atoms with van der Waals surface area (Å²) >= 11 is 0. The Morgan fingerprint density at radius 3 is 2.33 bits per heavy atom. The zero-order valence-corrected chi connectivity index (χ0v) is 10.3. The summed E-state index contributed by atoms with van der Waals surface area (Å²) < 4.78 is 61.4. The van der Waals surface area contributed by atoms with Gasteiger partial charge in [0.15, 0.2) is 0 Å². The van der Waals surface area contributed by atoms with Gasteiger partial charge in [-0.3, -0.25) is 0 Å². The van der Waals surface area contributed by atoms with E-state index in [-0.39, 0.29) is 5.76 Å². The van der Waals surface area contributed by atoms with Crippen LogP contribution in [0.15, 0.2) is 42.2 Å². The van der Waals surface area contributed by atoms with Crippen LogP contribution in [0.25, 0.3) is 0 Å². The second kappa shape index (κ2) is 5.43. The van der Waals surface area contributed by atoms with Crippen molar-refractivity contribution in [3.8, 4) is 0 Å². The van der Waals surface area contributed by atoms with E-state index in [1.165, 1.54) is 6.08 Å². The summed E-state index contributed by atoms with van der Waals surface area (Å²) in [6.07, 6.45) is 1.57. The van der Waals surface area contributed by atoms with Crippen LogP contribution < -0.4 is 0 Å². The minimum absolute atomic E-state index is 0.292. The third-order valence-electron chi connectivity index (χ3n) is 1.99. The first kappa shape index (κ1) is 14.6. The van der Waals surface area contributed by atoms with Gasteiger partial charge in [0.2, 0.25) is 0 Å². The molecule has 1 aromatic rings. The monoisotopic (exact) mass is 280 g/mol. The summed E-state index contributed by atoms with van der Waals surface area (Å²) in [6, 6.07) is 8.87. The van der Waals surface area contributed by atoms with E-state index in [0.717, 1.165) is 12.5 Å². The first-order chi connectivity index (χ1) is 8.22. The van der Waals surface area contributed by atoms with Crippen molar-refractivity contribution in [1.29, 1.82) is 0 Å². The Morgan fingerprint density at radius 1 is 1.28 bits per heavy atom. The zero-order chi connectivity index (χ0) is 13.8. The number of benzene rings is 1. The van der Waals surface area contributed by atoms with Gasteiger partial charge in [-0.15, -0.1) is 0 Å². The molecule has 1 rings (SSSR count). The largest absolute Gasteiger partial charge is 0.534 e. The van der Waals surface area contributed by atoms with Gasteiger partial charge < -0.3 is 4.18 Å². The summed E-state index contributed by atoms with van der Waals surface area (Å²) in [6.45, 7) is 1.16. The fourth-order valence-electron chi connectivity index (χ4n) is 1.13. The lowest BCUT2D eigenvalue weighted by atomic mass is 10.1. The molecule has 0 heterocycles. The maximum absolute atomic E-state index is 12.0. The van der Waals surface area contributed by atoms with Crippen LogP contribution in [0.4, 0.5) is 13.2 Å². The molecule has 0 radical (unpaired) electrons. The molecule has 0 aliphatic rings. The van der Waals surface area contributed by atoms with E-state index >= 15 is 0 Å². The van der Waals surface area contributed by atoms with Gasteiger partial charge in [0.1, 0.15) is 5.76 Å². The molecule has 0 bridgehead atoms. The molecule has 0 unspecified atom stereocenters. The fraction of sp³-hybridized carbons (Fsp3) is 0.273. The van der Waals surface area contributed by atoms with Gasteiger partial charge >= 0.3 is 15.6 Å². The molecule has 0 saturated carbocycles. The third kappa shape index (κ3) is 4.06. The molecule has 0 aliphatic carbocycles. The number of alkyl halides is 3. The second-order valence-electron chi connectivity index (χ2n) is 3.49. The van der Waals surface area contributed by atoms with Crippen molar-refractivity contribution in [3.05, 3.63) is 47.7 Å². The smallest absolute Gasteiger partial charge is 0.381 e. The van der Waals surface area contributed by atoms with Gasteiger partial charge in [-0.25, -0.2) is 0 Å². The molecule has 3 nitrogen and oxygen atoms in total. The Labute approximate surface area is 103 Å². The van der Waals surface area contributed by atoms with E-state index < -0.39 is 15.6 Å². The first-order valence-electron chi connectivity index (χ1n) is 4.94. The Bertz CT molecular complexity index is 518. The highest BCUT2D eigenvalue weighted by atomic mass is 32.2. The van der Waals surface area contributed by atoms with Gasteiger partial charge in [0, 0.05) is 0 Å². The van der Waals surface area contributed by atoms with Crippen LogP contribution in [0.2, 0.25) is 0 Å². The van der Waals surface area contributed by atoms with Crippen LogP contribution >= 0.6 is 0 Å². The van der Waals surface area contributed by atoms with Gasteiger partial charge in [-0.05, 0) is 25.0 Å². The number of rotatable bonds is 4. The van der Waals surface area contributed by atoms with Crippen LogP contribution in [-0.2, 0) is 20.7 Å². The molecule has 18 heavy (non-hydrogen) atoms. The number of hydrogen-bond donors (Lipinski definition) is 0. The van der Waals surface area contributed by atoms with E-state index in [4.69, 9.17) is 0 Å². The number of halogens is 3. The van der Waals surface area contributed by atoms with E-state index in [1.54, 1.807) is 30.3 Å². The highest BCUT2D eigenvalue weighted by molar-refractivity contribution is 7.87. The summed E-state index contributed by atoms with van der Waals surface area (Å²) in [7, 11) is -5.57. The molecule has 1 aromatic carbocycles. The minimum Gasteiger partial charge on any atom is -0.381 e. The van der Waals surface area contributed by atoms with E-state index in [0.29, 0.717) is 6.42 Å². The first-order valence-corrected chi connectivity index (χ1v) is 6.34. The molecule has 0 aromatic heterocycles. The Hall–Kier alpha value is -1.50. The molecule has 100 valence electrons. The Balaban J connectivity index is 2.70. The van der Waals surface area contributed by atoms with Crippen molar-refractivity contribution in [3.63, 3.8) is 0 Å². The number of allylic oxidation sites excluding steroid dienone is 2. The Morgan fingerprint density at radius 2 is 1.83 bits per heavy atom. The van der Waals surface area contributed by atoms with Crippen LogP contribution in [0.1, 0.15) is 12.5 Å². The van der Waals surface area contributed by atoms with E-state index in [1.807, 2.05) is 0 Å². The summed E-state index contributed by atoms with van der Waals surface area (Å²) in [5, 5.41) is 0. The molecule has 0 aliphatic heterocycles. The maximum atomic E-state index is 12.0. The number of hydrogen-bond acceptors (Lipinski definition) is 3. The normalized spacial score (nSPS) is 13.4. The second-order valence-corrected chi connectivity index (χ2v) is 5.03. The van der Waals surface area contributed by atoms with Crippen molar-refractivity contribution < 1.29 is 25.8 Å². The zero-order valence-electron chi connectivity index (χ0n) is 9.44. The van der Waals surface area contributed by atoms with Crippen molar-refractivity contribution >= 4 is 10.1 Å². The SMILES string of the molecule is C/C(=C\Cc1ccccc1)OS(=O)(=O)C(F)(F)F. The summed E-state index contributed by atoms with van der Waals surface area (Å²) in [5.74, 6) is -0.309. The average Bonchev–Trinajstić information content (AvgIpc) is 2.26. The van der Waals surface area contributed by atoms with Crippen molar-refractivity contribution in [2.24, 2.45) is 0 Å². The summed E-state index contributed by atoms with van der Waals surface area (Å²) in [4.78, 5) is 0. The fourth-order valence-corrected chi connectivity index (χ4v) is 1.64. The lowest BCUT2D eigenvalue weighted by Crippen LogP contribution is -2.24. The molecule has 0 N–H and O–H groups in total. The maximum Gasteiger partial charge on any atom is 0.534 e. The van der Waals surface area contributed by atoms with E-state index in [2.05, 4.69) is 4.18 Å². The van der Waals surface area contributed by atoms with Crippen LogP contribution in [-0.4, -0.2) is 13.9 Å². The predicted octanol–water partition coefficient (Wildman–Crippen LogP) is 3.00. The van der Waals surface area contributed by atoms with E-state index in [9.17, 15) is 21.6 Å². The van der Waals surface area contributed by atoms with Crippen LogP contribution in [0.5, 0.6) is 0 Å². The van der Waals surface area contributed by atoms with Crippen molar-refractivity contribution in [1.82, 2.24) is 0 Å². The molecule has 0 amide bonds. The molecule has 0 spiro atoms.